The Hall–Kier alpha value is -4.66. The lowest BCUT2D eigenvalue weighted by Crippen LogP contribution is -2.38. The number of aryl methyl sites for hydroxylation is 1. The number of amides is 1. The number of alkyl halides is 3. The fourth-order valence-corrected chi connectivity index (χ4v) is 6.63. The number of hydrogen-bond donors (Lipinski definition) is 4. The zero-order valence-electron chi connectivity index (χ0n) is 25.3. The lowest BCUT2D eigenvalue weighted by molar-refractivity contribution is -0.141. The van der Waals surface area contributed by atoms with Gasteiger partial charge >= 0.3 is 6.18 Å². The maximum atomic E-state index is 13.1. The molecule has 1 aliphatic carbocycles. The van der Waals surface area contributed by atoms with Crippen molar-refractivity contribution in [2.24, 2.45) is 5.92 Å². The van der Waals surface area contributed by atoms with Gasteiger partial charge in [-0.2, -0.15) is 18.3 Å². The number of nitrogens with one attached hydrogen (secondary N) is 2. The number of carbonyl (C=O) groups is 1. The molecule has 2 aromatic carbocycles. The summed E-state index contributed by atoms with van der Waals surface area (Å²) < 4.78 is 41.0. The highest BCUT2D eigenvalue weighted by atomic mass is 32.1. The molecule has 6 rings (SSSR count). The highest BCUT2D eigenvalue weighted by Gasteiger charge is 2.39. The molecular weight excluding hydrogens is 631 g/mol. The molecule has 4 N–H and O–H groups in total. The summed E-state index contributed by atoms with van der Waals surface area (Å²) in [7, 11) is 0. The van der Waals surface area contributed by atoms with Crippen molar-refractivity contribution < 1.29 is 28.2 Å². The van der Waals surface area contributed by atoms with Crippen LogP contribution in [0, 0.1) is 12.8 Å². The monoisotopic (exact) mass is 663 g/mol. The molecule has 1 saturated carbocycles. The first-order valence-corrected chi connectivity index (χ1v) is 15.8. The summed E-state index contributed by atoms with van der Waals surface area (Å²) >= 11 is 1.35. The van der Waals surface area contributed by atoms with Gasteiger partial charge in [0.25, 0.3) is 0 Å². The predicted octanol–water partition coefficient (Wildman–Crippen LogP) is 6.04. The minimum absolute atomic E-state index is 0.0554. The van der Waals surface area contributed by atoms with Crippen LogP contribution < -0.4 is 10.6 Å². The van der Waals surface area contributed by atoms with Crippen molar-refractivity contribution >= 4 is 28.9 Å². The van der Waals surface area contributed by atoms with E-state index in [9.17, 15) is 28.2 Å². The van der Waals surface area contributed by atoms with E-state index in [-0.39, 0.29) is 24.4 Å². The van der Waals surface area contributed by atoms with Crippen molar-refractivity contribution in [3.8, 4) is 16.1 Å². The number of anilines is 2. The molecule has 14 heteroatoms. The smallest absolute Gasteiger partial charge is 0.392 e. The topological polar surface area (TPSA) is 138 Å². The number of rotatable bonds is 9. The van der Waals surface area contributed by atoms with E-state index in [0.717, 1.165) is 45.1 Å². The number of aromatic nitrogens is 5. The van der Waals surface area contributed by atoms with Gasteiger partial charge in [0.05, 0.1) is 23.4 Å². The molecule has 3 aromatic heterocycles. The number of carbonyl (C=O) groups excluding carboxylic acids is 1. The molecule has 47 heavy (non-hydrogen) atoms. The Morgan fingerprint density at radius 2 is 1.83 bits per heavy atom. The molecule has 0 radical (unpaired) electrons. The average molecular weight is 664 g/mol. The molecule has 1 fully saturated rings. The van der Waals surface area contributed by atoms with Crippen molar-refractivity contribution in [3.05, 3.63) is 101 Å². The van der Waals surface area contributed by atoms with Gasteiger partial charge < -0.3 is 20.8 Å². The number of nitrogens with zero attached hydrogens (tertiary/aromatic N) is 5. The third kappa shape index (κ3) is 7.50. The SMILES string of the molecule is Cc1cc(Nc2nccc(C(F)(F)F)n2)cc(-c2cnc([C@]3(O)CC[C@@H](C(=O)NCc4ccc(-n5cc(CO)cn5)cc4)CC3)s2)c1. The van der Waals surface area contributed by atoms with Crippen LogP contribution in [0.4, 0.5) is 24.8 Å². The molecule has 1 aliphatic rings. The number of hydrogen-bond acceptors (Lipinski definition) is 9. The van der Waals surface area contributed by atoms with E-state index >= 15 is 0 Å². The first-order chi connectivity index (χ1) is 22.5. The van der Waals surface area contributed by atoms with E-state index < -0.39 is 17.5 Å². The van der Waals surface area contributed by atoms with Crippen LogP contribution in [0.15, 0.2) is 73.3 Å². The molecule has 0 saturated heterocycles. The zero-order valence-corrected chi connectivity index (χ0v) is 26.1. The zero-order chi connectivity index (χ0) is 33.2. The number of thiazole rings is 1. The van der Waals surface area contributed by atoms with Crippen LogP contribution in [0.2, 0.25) is 0 Å². The maximum Gasteiger partial charge on any atom is 0.433 e. The van der Waals surface area contributed by atoms with E-state index in [1.807, 2.05) is 37.3 Å². The van der Waals surface area contributed by atoms with E-state index in [1.165, 1.54) is 11.3 Å². The van der Waals surface area contributed by atoms with Gasteiger partial charge in [-0.1, -0.05) is 18.2 Å². The molecule has 10 nitrogen and oxygen atoms in total. The third-order valence-corrected chi connectivity index (χ3v) is 9.38. The Morgan fingerprint density at radius 3 is 2.53 bits per heavy atom. The molecule has 0 aliphatic heterocycles. The van der Waals surface area contributed by atoms with Crippen molar-refractivity contribution in [1.82, 2.24) is 30.0 Å². The van der Waals surface area contributed by atoms with Crippen molar-refractivity contribution in [1.29, 1.82) is 0 Å². The van der Waals surface area contributed by atoms with Crippen molar-refractivity contribution in [2.75, 3.05) is 5.32 Å². The second-order valence-electron chi connectivity index (χ2n) is 11.6. The predicted molar refractivity (Wildman–Crippen MR) is 170 cm³/mol. The van der Waals surface area contributed by atoms with E-state index in [2.05, 4.69) is 30.7 Å². The summed E-state index contributed by atoms with van der Waals surface area (Å²) in [5, 5.41) is 31.4. The number of benzene rings is 2. The summed E-state index contributed by atoms with van der Waals surface area (Å²) in [6.07, 6.45) is 3.32. The molecule has 0 bridgehead atoms. The first kappa shape index (κ1) is 32.3. The highest BCUT2D eigenvalue weighted by molar-refractivity contribution is 7.15. The summed E-state index contributed by atoms with van der Waals surface area (Å²) in [6, 6.07) is 13.9. The molecule has 0 spiro atoms. The Labute approximate surface area is 272 Å². The van der Waals surface area contributed by atoms with Crippen LogP contribution in [0.5, 0.6) is 0 Å². The van der Waals surface area contributed by atoms with Crippen molar-refractivity contribution in [3.63, 3.8) is 0 Å². The van der Waals surface area contributed by atoms with Gasteiger partial charge in [-0.25, -0.2) is 19.6 Å². The van der Waals surface area contributed by atoms with Crippen LogP contribution in [-0.2, 0) is 29.7 Å². The van der Waals surface area contributed by atoms with E-state index in [1.54, 1.807) is 35.4 Å². The lowest BCUT2D eigenvalue weighted by atomic mass is 9.78. The van der Waals surface area contributed by atoms with E-state index in [0.29, 0.717) is 42.9 Å². The fraction of sp³-hybridized carbons (Fsp3) is 0.303. The fourth-order valence-electron chi connectivity index (χ4n) is 5.58. The summed E-state index contributed by atoms with van der Waals surface area (Å²) in [5.74, 6) is -0.448. The standard InChI is InChI=1S/C33H32F3N7O3S/c1-20-12-24(14-25(13-20)41-31-37-11-8-28(42-31)33(34,35)36)27-17-39-30(47-27)32(46)9-6-23(7-10-32)29(45)38-15-21-2-4-26(5-3-21)43-18-22(19-44)16-40-43/h2-5,8,11-14,16-18,23,44,46H,6-7,9-10,15,19H2,1H3,(H,38,45)(H,37,41,42)/t23-,32+. The van der Waals surface area contributed by atoms with Crippen LogP contribution in [0.3, 0.4) is 0 Å². The normalized spacial score (nSPS) is 18.2. The number of halogens is 3. The molecule has 3 heterocycles. The second kappa shape index (κ2) is 13.2. The molecular formula is C33H32F3N7O3S. The molecule has 1 amide bonds. The quantitative estimate of drug-likeness (QED) is 0.150. The maximum absolute atomic E-state index is 13.1. The third-order valence-electron chi connectivity index (χ3n) is 8.14. The van der Waals surface area contributed by atoms with Crippen LogP contribution >= 0.6 is 11.3 Å². The molecule has 0 unspecified atom stereocenters. The Morgan fingerprint density at radius 1 is 1.06 bits per heavy atom. The number of aliphatic hydroxyl groups is 2. The molecule has 0 atom stereocenters. The van der Waals surface area contributed by atoms with Gasteiger partial charge in [0.1, 0.15) is 16.3 Å². The van der Waals surface area contributed by atoms with Gasteiger partial charge in [-0.3, -0.25) is 4.79 Å². The first-order valence-electron chi connectivity index (χ1n) is 15.0. The summed E-state index contributed by atoms with van der Waals surface area (Å²) in [5.41, 5.74) is 2.48. The Balaban J connectivity index is 1.05. The summed E-state index contributed by atoms with van der Waals surface area (Å²) in [6.45, 7) is 2.17. The van der Waals surface area contributed by atoms with Gasteiger partial charge in [0, 0.05) is 42.3 Å². The second-order valence-corrected chi connectivity index (χ2v) is 12.7. The van der Waals surface area contributed by atoms with Crippen LogP contribution in [0.25, 0.3) is 16.1 Å². The Kier molecular flexibility index (Phi) is 9.08. The largest absolute Gasteiger partial charge is 0.433 e. The summed E-state index contributed by atoms with van der Waals surface area (Å²) in [4.78, 5) is 25.8. The van der Waals surface area contributed by atoms with Gasteiger partial charge in [-0.05, 0) is 79.6 Å². The molecule has 5 aromatic rings. The number of aliphatic hydroxyl groups excluding tert-OH is 1. The minimum Gasteiger partial charge on any atom is -0.392 e. The minimum atomic E-state index is -4.58. The molecule has 244 valence electrons. The van der Waals surface area contributed by atoms with Gasteiger partial charge in [0.15, 0.2) is 0 Å². The average Bonchev–Trinajstić information content (AvgIpc) is 3.75. The Bertz CT molecular complexity index is 1870. The van der Waals surface area contributed by atoms with Crippen molar-refractivity contribution in [2.45, 2.75) is 57.5 Å². The van der Waals surface area contributed by atoms with Crippen LogP contribution in [0.1, 0.15) is 53.1 Å². The van der Waals surface area contributed by atoms with E-state index in [4.69, 9.17) is 0 Å². The highest BCUT2D eigenvalue weighted by Crippen LogP contribution is 2.43. The lowest BCUT2D eigenvalue weighted by Gasteiger charge is -2.33. The van der Waals surface area contributed by atoms with Crippen LogP contribution in [-0.4, -0.2) is 40.9 Å². The van der Waals surface area contributed by atoms with Gasteiger partial charge in [0.2, 0.25) is 11.9 Å². The van der Waals surface area contributed by atoms with Gasteiger partial charge in [-0.15, -0.1) is 11.3 Å².